The average molecular weight is 383 g/mol. The number of fused-ring (bicyclic) bond motifs is 1. The van der Waals surface area contributed by atoms with Gasteiger partial charge in [0.25, 0.3) is 0 Å². The summed E-state index contributed by atoms with van der Waals surface area (Å²) in [6.45, 7) is 4.39. The number of thiazole rings is 1. The van der Waals surface area contributed by atoms with Crippen molar-refractivity contribution in [2.75, 3.05) is 0 Å². The van der Waals surface area contributed by atoms with Crippen LogP contribution in [0, 0.1) is 5.41 Å². The maximum atomic E-state index is 11.5. The summed E-state index contributed by atoms with van der Waals surface area (Å²) >= 11 is 7.70. The van der Waals surface area contributed by atoms with Crippen LogP contribution in [0.5, 0.6) is 0 Å². The topological polar surface area (TPSA) is 42.9 Å². The van der Waals surface area contributed by atoms with Crippen molar-refractivity contribution in [3.05, 3.63) is 58.9 Å². The fourth-order valence-corrected chi connectivity index (χ4v) is 4.70. The van der Waals surface area contributed by atoms with Crippen LogP contribution in [0.1, 0.15) is 37.4 Å². The lowest BCUT2D eigenvalue weighted by molar-refractivity contribution is -0.109. The Bertz CT molecular complexity index is 980. The largest absolute Gasteiger partial charge is 0.303 e. The molecule has 2 aromatic heterocycles. The fourth-order valence-electron chi connectivity index (χ4n) is 3.63. The minimum absolute atomic E-state index is 0.0615. The van der Waals surface area contributed by atoms with E-state index in [-0.39, 0.29) is 11.3 Å². The number of carbonyl (C=O) groups excluding carboxylic acids is 1. The highest BCUT2D eigenvalue weighted by atomic mass is 35.5. The maximum absolute atomic E-state index is 11.5. The van der Waals surface area contributed by atoms with Crippen LogP contribution in [-0.4, -0.2) is 16.3 Å². The van der Waals surface area contributed by atoms with Crippen molar-refractivity contribution in [2.45, 2.75) is 32.6 Å². The average Bonchev–Trinajstić information content (AvgIpc) is 3.10. The van der Waals surface area contributed by atoms with Crippen molar-refractivity contribution in [1.29, 1.82) is 0 Å². The third-order valence-electron chi connectivity index (χ3n) is 4.83. The second-order valence-corrected chi connectivity index (χ2v) is 9.03. The summed E-state index contributed by atoms with van der Waals surface area (Å²) in [6.07, 6.45) is 4.68. The van der Waals surface area contributed by atoms with Gasteiger partial charge in [-0.1, -0.05) is 43.6 Å². The number of rotatable bonds is 3. The predicted molar refractivity (Wildman–Crippen MR) is 107 cm³/mol. The zero-order valence-electron chi connectivity index (χ0n) is 14.7. The summed E-state index contributed by atoms with van der Waals surface area (Å²) in [7, 11) is 0. The second kappa shape index (κ2) is 6.60. The van der Waals surface area contributed by atoms with E-state index in [1.807, 2.05) is 42.6 Å². The molecule has 0 aliphatic heterocycles. The maximum Gasteiger partial charge on any atom is 0.142 e. The summed E-state index contributed by atoms with van der Waals surface area (Å²) in [6, 6.07) is 11.8. The molecule has 0 bridgehead atoms. The third kappa shape index (κ3) is 3.31. The molecule has 5 heteroatoms. The van der Waals surface area contributed by atoms with Gasteiger partial charge >= 0.3 is 0 Å². The molecular formula is C21H19ClN2OS. The van der Waals surface area contributed by atoms with E-state index in [9.17, 15) is 4.79 Å². The Morgan fingerprint density at radius 2 is 2.12 bits per heavy atom. The second-order valence-electron chi connectivity index (χ2n) is 7.56. The number of hydrogen-bond donors (Lipinski definition) is 0. The van der Waals surface area contributed by atoms with Crippen molar-refractivity contribution in [3.8, 4) is 21.1 Å². The van der Waals surface area contributed by atoms with Crippen LogP contribution < -0.4 is 0 Å². The Balaban J connectivity index is 1.71. The molecule has 1 unspecified atom stereocenters. The van der Waals surface area contributed by atoms with E-state index in [1.54, 1.807) is 11.3 Å². The lowest BCUT2D eigenvalue weighted by Crippen LogP contribution is -2.27. The van der Waals surface area contributed by atoms with E-state index < -0.39 is 0 Å². The SMILES string of the molecule is CC1(C)Cc2nc(-c3ncc(-c4cccc(Cl)c4)s3)ccc2C(C=O)C1. The predicted octanol–water partition coefficient (Wildman–Crippen LogP) is 5.78. The minimum Gasteiger partial charge on any atom is -0.303 e. The summed E-state index contributed by atoms with van der Waals surface area (Å²) < 4.78 is 0. The van der Waals surface area contributed by atoms with Crippen molar-refractivity contribution >= 4 is 29.2 Å². The molecule has 0 spiro atoms. The number of nitrogens with zero attached hydrogens (tertiary/aromatic N) is 2. The Labute approximate surface area is 162 Å². The van der Waals surface area contributed by atoms with E-state index in [4.69, 9.17) is 16.6 Å². The molecule has 0 saturated heterocycles. The summed E-state index contributed by atoms with van der Waals surface area (Å²) in [5, 5.41) is 1.60. The number of carbonyl (C=O) groups is 1. The van der Waals surface area contributed by atoms with Gasteiger partial charge in [0.15, 0.2) is 0 Å². The third-order valence-corrected chi connectivity index (χ3v) is 6.13. The lowest BCUT2D eigenvalue weighted by Gasteiger charge is -2.34. The number of halogens is 1. The number of pyridine rings is 1. The van der Waals surface area contributed by atoms with E-state index in [1.165, 1.54) is 0 Å². The molecular weight excluding hydrogens is 364 g/mol. The van der Waals surface area contributed by atoms with Gasteiger partial charge in [-0.2, -0.15) is 0 Å². The molecule has 0 amide bonds. The first-order chi connectivity index (χ1) is 12.4. The Morgan fingerprint density at radius 1 is 1.27 bits per heavy atom. The van der Waals surface area contributed by atoms with E-state index >= 15 is 0 Å². The fraction of sp³-hybridized carbons (Fsp3) is 0.286. The molecule has 1 aliphatic rings. The highest BCUT2D eigenvalue weighted by Crippen LogP contribution is 2.41. The number of benzene rings is 1. The van der Waals surface area contributed by atoms with Crippen LogP contribution in [0.15, 0.2) is 42.6 Å². The minimum atomic E-state index is -0.0615. The molecule has 26 heavy (non-hydrogen) atoms. The van der Waals surface area contributed by atoms with Gasteiger partial charge < -0.3 is 4.79 Å². The van der Waals surface area contributed by atoms with Crippen molar-refractivity contribution in [1.82, 2.24) is 9.97 Å². The van der Waals surface area contributed by atoms with Crippen LogP contribution in [0.3, 0.4) is 0 Å². The van der Waals surface area contributed by atoms with Crippen LogP contribution >= 0.6 is 22.9 Å². The number of aromatic nitrogens is 2. The van der Waals surface area contributed by atoms with Gasteiger partial charge in [0.1, 0.15) is 11.3 Å². The van der Waals surface area contributed by atoms with E-state index in [2.05, 4.69) is 18.8 Å². The molecule has 3 nitrogen and oxygen atoms in total. The highest BCUT2D eigenvalue weighted by Gasteiger charge is 2.33. The Kier molecular flexibility index (Phi) is 4.41. The Morgan fingerprint density at radius 3 is 2.88 bits per heavy atom. The van der Waals surface area contributed by atoms with Crippen molar-refractivity contribution in [3.63, 3.8) is 0 Å². The zero-order chi connectivity index (χ0) is 18.3. The van der Waals surface area contributed by atoms with Crippen LogP contribution in [0.2, 0.25) is 5.02 Å². The molecule has 0 radical (unpaired) electrons. The van der Waals surface area contributed by atoms with Gasteiger partial charge in [-0.15, -0.1) is 11.3 Å². The van der Waals surface area contributed by atoms with Gasteiger partial charge in [-0.3, -0.25) is 0 Å². The summed E-state index contributed by atoms with van der Waals surface area (Å²) in [5.74, 6) is -0.0615. The van der Waals surface area contributed by atoms with Crippen LogP contribution in [0.25, 0.3) is 21.1 Å². The molecule has 132 valence electrons. The summed E-state index contributed by atoms with van der Waals surface area (Å²) in [5.41, 5.74) is 4.09. The van der Waals surface area contributed by atoms with Gasteiger partial charge in [-0.05, 0) is 47.6 Å². The van der Waals surface area contributed by atoms with Gasteiger partial charge in [0.2, 0.25) is 0 Å². The first-order valence-electron chi connectivity index (χ1n) is 8.62. The first-order valence-corrected chi connectivity index (χ1v) is 9.82. The number of aldehydes is 1. The molecule has 0 fully saturated rings. The van der Waals surface area contributed by atoms with E-state index in [0.717, 1.165) is 51.5 Å². The van der Waals surface area contributed by atoms with Crippen LogP contribution in [-0.2, 0) is 11.2 Å². The number of hydrogen-bond acceptors (Lipinski definition) is 4. The summed E-state index contributed by atoms with van der Waals surface area (Å²) in [4.78, 5) is 22.0. The Hall–Kier alpha value is -2.04. The smallest absolute Gasteiger partial charge is 0.142 e. The highest BCUT2D eigenvalue weighted by molar-refractivity contribution is 7.18. The normalized spacial score (nSPS) is 18.3. The van der Waals surface area contributed by atoms with Gasteiger partial charge in [0.05, 0.1) is 10.6 Å². The molecule has 1 aromatic carbocycles. The molecule has 1 aliphatic carbocycles. The molecule has 0 N–H and O–H groups in total. The molecule has 1 atom stereocenters. The van der Waals surface area contributed by atoms with Crippen molar-refractivity contribution in [2.24, 2.45) is 5.41 Å². The first kappa shape index (κ1) is 17.4. The monoisotopic (exact) mass is 382 g/mol. The molecule has 3 aromatic rings. The standard InChI is InChI=1S/C21H19ClN2OS/c1-21(2)9-14(12-25)16-6-7-17(24-18(16)10-21)20-23-11-19(26-20)13-4-3-5-15(22)8-13/h3-8,11-12,14H,9-10H2,1-2H3. The van der Waals surface area contributed by atoms with Crippen LogP contribution in [0.4, 0.5) is 0 Å². The molecule has 4 rings (SSSR count). The lowest BCUT2D eigenvalue weighted by atomic mass is 9.71. The molecule has 0 saturated carbocycles. The van der Waals surface area contributed by atoms with Crippen molar-refractivity contribution < 1.29 is 4.79 Å². The van der Waals surface area contributed by atoms with E-state index in [0.29, 0.717) is 5.02 Å². The zero-order valence-corrected chi connectivity index (χ0v) is 16.3. The van der Waals surface area contributed by atoms with Gasteiger partial charge in [-0.25, -0.2) is 9.97 Å². The van der Waals surface area contributed by atoms with Gasteiger partial charge in [0, 0.05) is 22.8 Å². The molecule has 2 heterocycles. The quantitative estimate of drug-likeness (QED) is 0.539.